The van der Waals surface area contributed by atoms with Crippen molar-refractivity contribution in [3.05, 3.63) is 71.5 Å². The molecular weight excluding hydrogens is 355 g/mol. The molecule has 3 rings (SSSR count). The lowest BCUT2D eigenvalue weighted by atomic mass is 10.0. The first-order valence-electron chi connectivity index (χ1n) is 8.54. The Bertz CT molecular complexity index is 854. The zero-order chi connectivity index (χ0) is 18.6. The second kappa shape index (κ2) is 7.97. The maximum atomic E-state index is 13.2. The maximum absolute atomic E-state index is 13.2. The average Bonchev–Trinajstić information content (AvgIpc) is 2.63. The molecule has 26 heavy (non-hydrogen) atoms. The van der Waals surface area contributed by atoms with Crippen LogP contribution in [0.1, 0.15) is 23.6 Å². The predicted octanol–water partition coefficient (Wildman–Crippen LogP) is 2.26. The number of hydrogen-bond acceptors (Lipinski definition) is 3. The standard InChI is InChI=1S/C19H21FN2O3S/c20-17-10-8-16(9-11-17)18-19(23)21-12-13-22(18)26(24,25)14-4-7-15-5-2-1-3-6-15/h1-3,5-6,8-11,18H,4,7,12-14H2,(H,21,23). The van der Waals surface area contributed by atoms with Gasteiger partial charge in [0.15, 0.2) is 0 Å². The molecule has 138 valence electrons. The van der Waals surface area contributed by atoms with Crippen molar-refractivity contribution in [1.29, 1.82) is 0 Å². The summed E-state index contributed by atoms with van der Waals surface area (Å²) in [6, 6.07) is 14.1. The molecule has 1 amide bonds. The second-order valence-electron chi connectivity index (χ2n) is 6.26. The number of rotatable bonds is 6. The van der Waals surface area contributed by atoms with Gasteiger partial charge in [0.1, 0.15) is 11.9 Å². The predicted molar refractivity (Wildman–Crippen MR) is 97.4 cm³/mol. The molecular formula is C19H21FN2O3S. The summed E-state index contributed by atoms with van der Waals surface area (Å²) >= 11 is 0. The molecule has 1 N–H and O–H groups in total. The van der Waals surface area contributed by atoms with E-state index in [0.717, 1.165) is 5.56 Å². The first-order valence-corrected chi connectivity index (χ1v) is 10.1. The summed E-state index contributed by atoms with van der Waals surface area (Å²) in [7, 11) is -3.62. The van der Waals surface area contributed by atoms with Gasteiger partial charge in [-0.2, -0.15) is 4.31 Å². The number of nitrogens with zero attached hydrogens (tertiary/aromatic N) is 1. The average molecular weight is 376 g/mol. The van der Waals surface area contributed by atoms with Gasteiger partial charge in [-0.3, -0.25) is 4.79 Å². The molecule has 7 heteroatoms. The van der Waals surface area contributed by atoms with E-state index in [4.69, 9.17) is 0 Å². The van der Waals surface area contributed by atoms with Gasteiger partial charge in [-0.1, -0.05) is 42.5 Å². The van der Waals surface area contributed by atoms with E-state index >= 15 is 0 Å². The molecule has 0 aromatic heterocycles. The van der Waals surface area contributed by atoms with Crippen LogP contribution in [0.5, 0.6) is 0 Å². The van der Waals surface area contributed by atoms with Crippen LogP contribution in [0.4, 0.5) is 4.39 Å². The molecule has 5 nitrogen and oxygen atoms in total. The third-order valence-corrected chi connectivity index (χ3v) is 6.33. The van der Waals surface area contributed by atoms with Crippen molar-refractivity contribution < 1.29 is 17.6 Å². The number of carbonyl (C=O) groups is 1. The van der Waals surface area contributed by atoms with Crippen molar-refractivity contribution in [3.8, 4) is 0 Å². The Morgan fingerprint density at radius 2 is 1.77 bits per heavy atom. The molecule has 1 unspecified atom stereocenters. The molecule has 1 atom stereocenters. The van der Waals surface area contributed by atoms with E-state index in [1.807, 2.05) is 30.3 Å². The fourth-order valence-corrected chi connectivity index (χ4v) is 4.78. The highest BCUT2D eigenvalue weighted by Crippen LogP contribution is 2.27. The van der Waals surface area contributed by atoms with Crippen LogP contribution in [-0.2, 0) is 21.2 Å². The SMILES string of the molecule is O=C1NCCN(S(=O)(=O)CCCc2ccccc2)C1c1ccc(F)cc1. The van der Waals surface area contributed by atoms with E-state index in [2.05, 4.69) is 5.32 Å². The van der Waals surface area contributed by atoms with Gasteiger partial charge in [0.2, 0.25) is 15.9 Å². The molecule has 0 saturated carbocycles. The molecule has 0 aliphatic carbocycles. The monoisotopic (exact) mass is 376 g/mol. The van der Waals surface area contributed by atoms with Crippen LogP contribution >= 0.6 is 0 Å². The fraction of sp³-hybridized carbons (Fsp3) is 0.316. The molecule has 0 radical (unpaired) electrons. The topological polar surface area (TPSA) is 66.5 Å². The van der Waals surface area contributed by atoms with Crippen LogP contribution in [0.2, 0.25) is 0 Å². The number of halogens is 1. The number of hydrogen-bond donors (Lipinski definition) is 1. The molecule has 2 aromatic carbocycles. The normalized spacial score (nSPS) is 18.5. The van der Waals surface area contributed by atoms with Crippen LogP contribution in [0, 0.1) is 5.82 Å². The second-order valence-corrected chi connectivity index (χ2v) is 8.30. The number of nitrogens with one attached hydrogen (secondary N) is 1. The summed E-state index contributed by atoms with van der Waals surface area (Å²) < 4.78 is 40.1. The number of piperazine rings is 1. The lowest BCUT2D eigenvalue weighted by molar-refractivity contribution is -0.126. The van der Waals surface area contributed by atoms with Crippen molar-refractivity contribution in [2.75, 3.05) is 18.8 Å². The Morgan fingerprint density at radius 3 is 2.46 bits per heavy atom. The third kappa shape index (κ3) is 4.28. The van der Waals surface area contributed by atoms with Crippen LogP contribution in [0.15, 0.2) is 54.6 Å². The van der Waals surface area contributed by atoms with E-state index in [1.54, 1.807) is 0 Å². The molecule has 2 aromatic rings. The Balaban J connectivity index is 1.75. The van der Waals surface area contributed by atoms with Crippen molar-refractivity contribution >= 4 is 15.9 Å². The van der Waals surface area contributed by atoms with Gasteiger partial charge in [-0.25, -0.2) is 12.8 Å². The van der Waals surface area contributed by atoms with Gasteiger partial charge in [0.05, 0.1) is 5.75 Å². The van der Waals surface area contributed by atoms with Crippen molar-refractivity contribution in [2.24, 2.45) is 0 Å². The minimum atomic E-state index is -3.62. The van der Waals surface area contributed by atoms with Gasteiger partial charge in [-0.15, -0.1) is 0 Å². The molecule has 1 aliphatic heterocycles. The Hall–Kier alpha value is -2.25. The van der Waals surface area contributed by atoms with Gasteiger partial charge in [0, 0.05) is 13.1 Å². The van der Waals surface area contributed by atoms with Crippen molar-refractivity contribution in [3.63, 3.8) is 0 Å². The summed E-state index contributed by atoms with van der Waals surface area (Å²) in [6.45, 7) is 0.482. The van der Waals surface area contributed by atoms with Gasteiger partial charge < -0.3 is 5.32 Å². The highest BCUT2D eigenvalue weighted by molar-refractivity contribution is 7.89. The van der Waals surface area contributed by atoms with Gasteiger partial charge >= 0.3 is 0 Å². The number of aryl methyl sites for hydroxylation is 1. The highest BCUT2D eigenvalue weighted by Gasteiger charge is 2.38. The minimum absolute atomic E-state index is 0.0349. The number of sulfonamides is 1. The third-order valence-electron chi connectivity index (χ3n) is 4.42. The van der Waals surface area contributed by atoms with E-state index in [1.165, 1.54) is 28.6 Å². The molecule has 1 aliphatic rings. The molecule has 1 heterocycles. The minimum Gasteiger partial charge on any atom is -0.353 e. The maximum Gasteiger partial charge on any atom is 0.243 e. The summed E-state index contributed by atoms with van der Waals surface area (Å²) in [5.41, 5.74) is 1.55. The quantitative estimate of drug-likeness (QED) is 0.841. The molecule has 0 bridgehead atoms. The van der Waals surface area contributed by atoms with Crippen LogP contribution in [0.3, 0.4) is 0 Å². The fourth-order valence-electron chi connectivity index (χ4n) is 3.13. The number of amides is 1. The summed E-state index contributed by atoms with van der Waals surface area (Å²) in [5.74, 6) is -0.843. The Kier molecular flexibility index (Phi) is 5.68. The highest BCUT2D eigenvalue weighted by atomic mass is 32.2. The summed E-state index contributed by atoms with van der Waals surface area (Å²) in [6.07, 6.45) is 1.13. The van der Waals surface area contributed by atoms with Gasteiger partial charge in [-0.05, 0) is 36.1 Å². The van der Waals surface area contributed by atoms with E-state index in [9.17, 15) is 17.6 Å². The first kappa shape index (κ1) is 18.5. The smallest absolute Gasteiger partial charge is 0.243 e. The molecule has 1 saturated heterocycles. The molecule has 0 spiro atoms. The Labute approximate surface area is 152 Å². The van der Waals surface area contributed by atoms with E-state index < -0.39 is 21.9 Å². The van der Waals surface area contributed by atoms with Crippen molar-refractivity contribution in [1.82, 2.24) is 9.62 Å². The van der Waals surface area contributed by atoms with Crippen LogP contribution in [0.25, 0.3) is 0 Å². The van der Waals surface area contributed by atoms with Crippen LogP contribution < -0.4 is 5.32 Å². The summed E-state index contributed by atoms with van der Waals surface area (Å²) in [4.78, 5) is 12.3. The number of benzene rings is 2. The largest absolute Gasteiger partial charge is 0.353 e. The van der Waals surface area contributed by atoms with E-state index in [-0.39, 0.29) is 24.7 Å². The van der Waals surface area contributed by atoms with E-state index in [0.29, 0.717) is 18.4 Å². The first-order chi connectivity index (χ1) is 12.5. The lowest BCUT2D eigenvalue weighted by Gasteiger charge is -2.34. The molecule has 1 fully saturated rings. The summed E-state index contributed by atoms with van der Waals surface area (Å²) in [5, 5.41) is 2.69. The lowest BCUT2D eigenvalue weighted by Crippen LogP contribution is -2.52. The van der Waals surface area contributed by atoms with Gasteiger partial charge in [0.25, 0.3) is 0 Å². The zero-order valence-electron chi connectivity index (χ0n) is 14.3. The Morgan fingerprint density at radius 1 is 1.08 bits per heavy atom. The van der Waals surface area contributed by atoms with Crippen molar-refractivity contribution in [2.45, 2.75) is 18.9 Å². The number of carbonyl (C=O) groups excluding carboxylic acids is 1. The van der Waals surface area contributed by atoms with Crippen LogP contribution in [-0.4, -0.2) is 37.5 Å². The zero-order valence-corrected chi connectivity index (χ0v) is 15.1.